The fraction of sp³-hybridized carbons (Fsp3) is 0.222. The first-order chi connectivity index (χ1) is 9.26. The van der Waals surface area contributed by atoms with Crippen LogP contribution in [0.4, 0.5) is 0 Å². The van der Waals surface area contributed by atoms with Crippen LogP contribution < -0.4 is 0 Å². The Morgan fingerprint density at radius 3 is 2.05 bits per heavy atom. The molecule has 1 heteroatoms. The number of allylic oxidation sites excluding steroid dienone is 1. The lowest BCUT2D eigenvalue weighted by Crippen LogP contribution is -1.94. The second kappa shape index (κ2) is 6.58. The summed E-state index contributed by atoms with van der Waals surface area (Å²) in [4.78, 5) is 0. The highest BCUT2D eigenvalue weighted by molar-refractivity contribution is 6.30. The Morgan fingerprint density at radius 2 is 1.47 bits per heavy atom. The summed E-state index contributed by atoms with van der Waals surface area (Å²) in [5.74, 6) is 0. The van der Waals surface area contributed by atoms with E-state index in [0.717, 1.165) is 17.9 Å². The van der Waals surface area contributed by atoms with Crippen molar-refractivity contribution in [1.82, 2.24) is 0 Å². The van der Waals surface area contributed by atoms with Crippen LogP contribution in [0.3, 0.4) is 0 Å². The number of hydrogen-bond acceptors (Lipinski definition) is 0. The van der Waals surface area contributed by atoms with Crippen LogP contribution in [0.1, 0.15) is 37.8 Å². The van der Waals surface area contributed by atoms with E-state index in [4.69, 9.17) is 11.6 Å². The van der Waals surface area contributed by atoms with E-state index >= 15 is 0 Å². The van der Waals surface area contributed by atoms with E-state index in [1.54, 1.807) is 0 Å². The van der Waals surface area contributed by atoms with Gasteiger partial charge in [0.2, 0.25) is 0 Å². The van der Waals surface area contributed by atoms with Crippen molar-refractivity contribution in [3.05, 3.63) is 76.3 Å². The Morgan fingerprint density at radius 1 is 0.842 bits per heavy atom. The Hall–Kier alpha value is -1.53. The fourth-order valence-corrected chi connectivity index (χ4v) is 2.62. The lowest BCUT2D eigenvalue weighted by molar-refractivity contribution is 0.981. The second-order valence-electron chi connectivity index (χ2n) is 4.56. The molecule has 0 N–H and O–H groups in total. The first-order valence-corrected chi connectivity index (χ1v) is 7.17. The molecule has 2 aromatic carbocycles. The van der Waals surface area contributed by atoms with Gasteiger partial charge in [0.15, 0.2) is 0 Å². The van der Waals surface area contributed by atoms with Crippen LogP contribution in [-0.4, -0.2) is 0 Å². The Labute approximate surface area is 120 Å². The summed E-state index contributed by atoms with van der Waals surface area (Å²) in [5.41, 5.74) is 5.27. The molecular weight excluding hydrogens is 252 g/mol. The largest absolute Gasteiger partial charge is 0.0843 e. The maximum absolute atomic E-state index is 6.14. The molecule has 2 rings (SSSR count). The Balaban J connectivity index is 2.62. The van der Waals surface area contributed by atoms with Crippen molar-refractivity contribution in [3.63, 3.8) is 0 Å². The summed E-state index contributed by atoms with van der Waals surface area (Å²) >= 11 is 6.14. The molecule has 0 fully saturated rings. The van der Waals surface area contributed by atoms with Gasteiger partial charge in [-0.05, 0) is 41.7 Å². The highest BCUT2D eigenvalue weighted by Crippen LogP contribution is 2.31. The van der Waals surface area contributed by atoms with Crippen LogP contribution in [0.15, 0.2) is 60.2 Å². The van der Waals surface area contributed by atoms with Crippen LogP contribution in [0.2, 0.25) is 5.02 Å². The van der Waals surface area contributed by atoms with Crippen molar-refractivity contribution in [2.75, 3.05) is 0 Å². The maximum Gasteiger partial charge on any atom is 0.0412 e. The van der Waals surface area contributed by atoms with E-state index in [9.17, 15) is 0 Å². The molecule has 0 saturated heterocycles. The number of rotatable bonds is 4. The molecule has 98 valence electrons. The molecule has 0 spiro atoms. The third-order valence-electron chi connectivity index (χ3n) is 3.38. The van der Waals surface area contributed by atoms with Gasteiger partial charge in [-0.15, -0.1) is 0 Å². The van der Waals surface area contributed by atoms with Crippen molar-refractivity contribution in [2.24, 2.45) is 0 Å². The van der Waals surface area contributed by atoms with Crippen molar-refractivity contribution in [2.45, 2.75) is 26.7 Å². The zero-order valence-electron chi connectivity index (χ0n) is 11.5. The van der Waals surface area contributed by atoms with E-state index in [1.807, 2.05) is 12.1 Å². The van der Waals surface area contributed by atoms with Gasteiger partial charge in [0.25, 0.3) is 0 Å². The topological polar surface area (TPSA) is 0 Å². The van der Waals surface area contributed by atoms with Crippen LogP contribution in [0.5, 0.6) is 0 Å². The maximum atomic E-state index is 6.14. The van der Waals surface area contributed by atoms with Crippen LogP contribution in [0.25, 0.3) is 5.57 Å². The van der Waals surface area contributed by atoms with E-state index in [-0.39, 0.29) is 0 Å². The highest BCUT2D eigenvalue weighted by Gasteiger charge is 2.09. The molecule has 0 aromatic heterocycles. The van der Waals surface area contributed by atoms with Gasteiger partial charge in [-0.3, -0.25) is 0 Å². The molecule has 0 bridgehead atoms. The van der Waals surface area contributed by atoms with Crippen molar-refractivity contribution in [1.29, 1.82) is 0 Å². The lowest BCUT2D eigenvalue weighted by Gasteiger charge is -2.14. The monoisotopic (exact) mass is 270 g/mol. The van der Waals surface area contributed by atoms with Gasteiger partial charge >= 0.3 is 0 Å². The van der Waals surface area contributed by atoms with Gasteiger partial charge in [-0.2, -0.15) is 0 Å². The summed E-state index contributed by atoms with van der Waals surface area (Å²) in [6.45, 7) is 4.43. The second-order valence-corrected chi connectivity index (χ2v) is 5.00. The summed E-state index contributed by atoms with van der Waals surface area (Å²) in [5, 5.41) is 0.789. The minimum atomic E-state index is 0.789. The third kappa shape index (κ3) is 3.27. The number of benzene rings is 2. The average molecular weight is 271 g/mol. The SMILES string of the molecule is CCC(CC)=C(c1ccccc1)c1cccc(Cl)c1. The molecule has 0 saturated carbocycles. The molecule has 19 heavy (non-hydrogen) atoms. The lowest BCUT2D eigenvalue weighted by atomic mass is 9.91. The first kappa shape index (κ1) is 13.9. The van der Waals surface area contributed by atoms with Crippen LogP contribution in [-0.2, 0) is 0 Å². The standard InChI is InChI=1S/C18H19Cl/c1-3-14(4-2)18(15-9-6-5-7-10-15)16-11-8-12-17(19)13-16/h5-13H,3-4H2,1-2H3. The number of hydrogen-bond donors (Lipinski definition) is 0. The van der Waals surface area contributed by atoms with Gasteiger partial charge in [-0.25, -0.2) is 0 Å². The third-order valence-corrected chi connectivity index (χ3v) is 3.62. The van der Waals surface area contributed by atoms with Crippen molar-refractivity contribution >= 4 is 17.2 Å². The minimum absolute atomic E-state index is 0.789. The molecule has 0 unspecified atom stereocenters. The van der Waals surface area contributed by atoms with Gasteiger partial charge in [0.05, 0.1) is 0 Å². The van der Waals surface area contributed by atoms with Crippen molar-refractivity contribution in [3.8, 4) is 0 Å². The van der Waals surface area contributed by atoms with E-state index in [0.29, 0.717) is 0 Å². The molecule has 0 radical (unpaired) electrons. The molecule has 0 aliphatic rings. The van der Waals surface area contributed by atoms with E-state index < -0.39 is 0 Å². The number of halogens is 1. The molecule has 0 nitrogen and oxygen atoms in total. The van der Waals surface area contributed by atoms with Crippen LogP contribution in [0, 0.1) is 0 Å². The quantitative estimate of drug-likeness (QED) is 0.643. The molecule has 2 aromatic rings. The smallest absolute Gasteiger partial charge is 0.0412 e. The summed E-state index contributed by atoms with van der Waals surface area (Å²) < 4.78 is 0. The fourth-order valence-electron chi connectivity index (χ4n) is 2.43. The van der Waals surface area contributed by atoms with Gasteiger partial charge in [-0.1, -0.05) is 73.5 Å². The molecule has 0 amide bonds. The first-order valence-electron chi connectivity index (χ1n) is 6.79. The molecule has 0 heterocycles. The molecular formula is C18H19Cl. The summed E-state index contributed by atoms with van der Waals surface area (Å²) in [6, 6.07) is 18.7. The predicted molar refractivity (Wildman–Crippen MR) is 84.5 cm³/mol. The zero-order valence-corrected chi connectivity index (χ0v) is 12.2. The predicted octanol–water partition coefficient (Wildman–Crippen LogP) is 5.96. The minimum Gasteiger partial charge on any atom is -0.0843 e. The van der Waals surface area contributed by atoms with E-state index in [2.05, 4.69) is 56.3 Å². The van der Waals surface area contributed by atoms with Gasteiger partial charge < -0.3 is 0 Å². The average Bonchev–Trinajstić information content (AvgIpc) is 2.45. The Bertz CT molecular complexity index is 561. The molecule has 0 aliphatic carbocycles. The van der Waals surface area contributed by atoms with Gasteiger partial charge in [0.1, 0.15) is 0 Å². The molecule has 0 aliphatic heterocycles. The Kier molecular flexibility index (Phi) is 4.81. The molecule has 0 atom stereocenters. The summed E-state index contributed by atoms with van der Waals surface area (Å²) in [6.07, 6.45) is 2.13. The summed E-state index contributed by atoms with van der Waals surface area (Å²) in [7, 11) is 0. The van der Waals surface area contributed by atoms with Crippen LogP contribution >= 0.6 is 11.6 Å². The van der Waals surface area contributed by atoms with Gasteiger partial charge in [0, 0.05) is 5.02 Å². The van der Waals surface area contributed by atoms with Crippen molar-refractivity contribution < 1.29 is 0 Å². The highest BCUT2D eigenvalue weighted by atomic mass is 35.5. The zero-order chi connectivity index (χ0) is 13.7. The normalized spacial score (nSPS) is 10.3. The van der Waals surface area contributed by atoms with E-state index in [1.165, 1.54) is 22.3 Å².